The van der Waals surface area contributed by atoms with Gasteiger partial charge < -0.3 is 4.74 Å². The molecule has 0 spiro atoms. The van der Waals surface area contributed by atoms with Gasteiger partial charge in [0, 0.05) is 18.1 Å². The summed E-state index contributed by atoms with van der Waals surface area (Å²) >= 11 is 0. The highest BCUT2D eigenvalue weighted by molar-refractivity contribution is 5.89. The van der Waals surface area contributed by atoms with E-state index >= 15 is 0 Å². The van der Waals surface area contributed by atoms with E-state index in [-0.39, 0.29) is 42.1 Å². The lowest BCUT2D eigenvalue weighted by Gasteiger charge is -2.44. The minimum Gasteiger partial charge on any atom is -0.443 e. The highest BCUT2D eigenvalue weighted by Crippen LogP contribution is 2.51. The van der Waals surface area contributed by atoms with E-state index in [2.05, 4.69) is 0 Å². The van der Waals surface area contributed by atoms with Crippen LogP contribution in [0.1, 0.15) is 19.4 Å². The van der Waals surface area contributed by atoms with Crippen LogP contribution in [0.4, 0.5) is 10.5 Å². The standard InChI is InChI=1S/C17H17N3O5/c1-9-7-13-14(9)15-10(2)16(21)19(15)18(13)17(22)25-8-11-3-5-12(6-4-11)20(23)24/h3-7,10,13-15H,8H2,1-2H3/t10-,13-,14-,15+/m1/s1. The maximum absolute atomic E-state index is 12.5. The molecule has 25 heavy (non-hydrogen) atoms. The van der Waals surface area contributed by atoms with Crippen molar-refractivity contribution in [3.05, 3.63) is 51.6 Å². The second-order valence-corrected chi connectivity index (χ2v) is 6.71. The van der Waals surface area contributed by atoms with Gasteiger partial charge in [-0.05, 0) is 24.6 Å². The molecule has 0 unspecified atom stereocenters. The van der Waals surface area contributed by atoms with Crippen molar-refractivity contribution >= 4 is 17.7 Å². The van der Waals surface area contributed by atoms with E-state index in [4.69, 9.17) is 4.74 Å². The number of nitro groups is 1. The first-order valence-corrected chi connectivity index (χ1v) is 8.11. The Hall–Kier alpha value is -2.90. The number of carbonyl (C=O) groups excluding carboxylic acids is 2. The van der Waals surface area contributed by atoms with Crippen LogP contribution in [-0.4, -0.2) is 39.0 Å². The average molecular weight is 343 g/mol. The van der Waals surface area contributed by atoms with Crippen LogP contribution in [0.2, 0.25) is 0 Å². The van der Waals surface area contributed by atoms with E-state index in [1.54, 1.807) is 12.1 Å². The van der Waals surface area contributed by atoms with Gasteiger partial charge in [-0.1, -0.05) is 18.6 Å². The van der Waals surface area contributed by atoms with Crippen molar-refractivity contribution in [3.63, 3.8) is 0 Å². The molecule has 2 heterocycles. The number of hydrogen-bond donors (Lipinski definition) is 0. The molecule has 0 saturated carbocycles. The monoisotopic (exact) mass is 343 g/mol. The van der Waals surface area contributed by atoms with E-state index in [9.17, 15) is 19.7 Å². The van der Waals surface area contributed by atoms with Crippen molar-refractivity contribution in [2.45, 2.75) is 32.5 Å². The second-order valence-electron chi connectivity index (χ2n) is 6.71. The van der Waals surface area contributed by atoms with Gasteiger partial charge in [0.05, 0.1) is 22.9 Å². The van der Waals surface area contributed by atoms with Crippen molar-refractivity contribution < 1.29 is 19.2 Å². The lowest BCUT2D eigenvalue weighted by atomic mass is 9.71. The minimum atomic E-state index is -0.570. The van der Waals surface area contributed by atoms with Gasteiger partial charge in [0.15, 0.2) is 0 Å². The molecule has 2 aliphatic heterocycles. The topological polar surface area (TPSA) is 93.0 Å². The summed E-state index contributed by atoms with van der Waals surface area (Å²) in [6, 6.07) is 5.74. The zero-order valence-corrected chi connectivity index (χ0v) is 13.8. The first-order chi connectivity index (χ1) is 11.9. The molecular weight excluding hydrogens is 326 g/mol. The summed E-state index contributed by atoms with van der Waals surface area (Å²) in [6.45, 7) is 3.90. The third-order valence-electron chi connectivity index (χ3n) is 5.32. The summed E-state index contributed by atoms with van der Waals surface area (Å²) in [5.74, 6) is 0.0520. The maximum Gasteiger partial charge on any atom is 0.429 e. The Labute approximate surface area is 143 Å². The number of rotatable bonds is 3. The summed E-state index contributed by atoms with van der Waals surface area (Å²) in [7, 11) is 0. The highest BCUT2D eigenvalue weighted by Gasteiger charge is 2.64. The number of hydrogen-bond acceptors (Lipinski definition) is 5. The fraction of sp³-hybridized carbons (Fsp3) is 0.412. The van der Waals surface area contributed by atoms with Crippen molar-refractivity contribution in [2.75, 3.05) is 0 Å². The molecule has 2 fully saturated rings. The molecule has 8 nitrogen and oxygen atoms in total. The van der Waals surface area contributed by atoms with Crippen molar-refractivity contribution in [2.24, 2.45) is 11.8 Å². The van der Waals surface area contributed by atoms with Crippen LogP contribution in [0.15, 0.2) is 35.9 Å². The van der Waals surface area contributed by atoms with Crippen molar-refractivity contribution in [3.8, 4) is 0 Å². The Bertz CT molecular complexity index is 803. The van der Waals surface area contributed by atoms with E-state index in [0.29, 0.717) is 5.56 Å². The van der Waals surface area contributed by atoms with Gasteiger partial charge in [-0.15, -0.1) is 0 Å². The Morgan fingerprint density at radius 1 is 1.32 bits per heavy atom. The molecule has 4 rings (SSSR count). The highest BCUT2D eigenvalue weighted by atomic mass is 16.6. The van der Waals surface area contributed by atoms with Gasteiger partial charge in [0.25, 0.3) is 5.69 Å². The second kappa shape index (κ2) is 5.30. The fourth-order valence-electron chi connectivity index (χ4n) is 3.95. The predicted octanol–water partition coefficient (Wildman–Crippen LogP) is 2.25. The van der Waals surface area contributed by atoms with Crippen LogP contribution in [-0.2, 0) is 16.1 Å². The summed E-state index contributed by atoms with van der Waals surface area (Å²) in [5, 5.41) is 13.6. The Balaban J connectivity index is 1.44. The number of nitrogens with zero attached hydrogens (tertiary/aromatic N) is 3. The molecule has 0 bridgehead atoms. The van der Waals surface area contributed by atoms with Crippen LogP contribution < -0.4 is 0 Å². The molecule has 3 aliphatic rings. The number of fused-ring (bicyclic) bond motifs is 3. The van der Waals surface area contributed by atoms with Crippen LogP contribution in [0.3, 0.4) is 0 Å². The van der Waals surface area contributed by atoms with Gasteiger partial charge in [-0.3, -0.25) is 14.9 Å². The largest absolute Gasteiger partial charge is 0.443 e. The smallest absolute Gasteiger partial charge is 0.429 e. The van der Waals surface area contributed by atoms with Crippen LogP contribution in [0.5, 0.6) is 0 Å². The number of carbonyl (C=O) groups is 2. The Morgan fingerprint density at radius 3 is 2.60 bits per heavy atom. The molecule has 1 aromatic carbocycles. The molecule has 0 N–H and O–H groups in total. The third-order valence-corrected chi connectivity index (χ3v) is 5.32. The minimum absolute atomic E-state index is 0.00430. The Morgan fingerprint density at radius 2 is 2.00 bits per heavy atom. The number of ether oxygens (including phenoxy) is 1. The maximum atomic E-state index is 12.5. The number of benzene rings is 1. The van der Waals surface area contributed by atoms with Crippen LogP contribution in [0.25, 0.3) is 0 Å². The molecule has 0 aromatic heterocycles. The normalized spacial score (nSPS) is 29.2. The van der Waals surface area contributed by atoms with Crippen molar-refractivity contribution in [1.29, 1.82) is 0 Å². The van der Waals surface area contributed by atoms with E-state index < -0.39 is 11.0 Å². The molecule has 130 valence electrons. The number of nitro benzene ring substituents is 1. The van der Waals surface area contributed by atoms with Crippen molar-refractivity contribution in [1.82, 2.24) is 10.0 Å². The van der Waals surface area contributed by atoms with Gasteiger partial charge in [-0.25, -0.2) is 14.8 Å². The molecule has 1 aliphatic carbocycles. The molecule has 2 saturated heterocycles. The van der Waals surface area contributed by atoms with Gasteiger partial charge >= 0.3 is 6.09 Å². The molecule has 4 atom stereocenters. The zero-order valence-electron chi connectivity index (χ0n) is 13.8. The quantitative estimate of drug-likeness (QED) is 0.363. The lowest BCUT2D eigenvalue weighted by molar-refractivity contribution is -0.384. The summed E-state index contributed by atoms with van der Waals surface area (Å²) in [5.41, 5.74) is 1.83. The number of β-lactam (4-membered cyclic amide) rings is 1. The number of hydrazine groups is 1. The third kappa shape index (κ3) is 2.13. The average Bonchev–Trinajstić information content (AvgIpc) is 2.86. The zero-order chi connectivity index (χ0) is 17.9. The lowest BCUT2D eigenvalue weighted by Crippen LogP contribution is -2.63. The molecule has 8 heteroatoms. The summed E-state index contributed by atoms with van der Waals surface area (Å²) in [4.78, 5) is 34.8. The summed E-state index contributed by atoms with van der Waals surface area (Å²) in [6.07, 6.45) is 1.41. The van der Waals surface area contributed by atoms with Gasteiger partial charge in [0.2, 0.25) is 5.91 Å². The summed E-state index contributed by atoms with van der Waals surface area (Å²) < 4.78 is 5.33. The predicted molar refractivity (Wildman–Crippen MR) is 86.0 cm³/mol. The molecule has 2 amide bonds. The molecular formula is C17H17N3O5. The van der Waals surface area contributed by atoms with E-state index in [0.717, 1.165) is 0 Å². The first kappa shape index (κ1) is 15.6. The Kier molecular flexibility index (Phi) is 3.31. The first-order valence-electron chi connectivity index (χ1n) is 8.11. The van der Waals surface area contributed by atoms with Gasteiger partial charge in [-0.2, -0.15) is 0 Å². The number of amides is 2. The van der Waals surface area contributed by atoms with Gasteiger partial charge in [0.1, 0.15) is 6.61 Å². The van der Waals surface area contributed by atoms with E-state index in [1.807, 2.05) is 19.9 Å². The number of non-ortho nitro benzene ring substituents is 1. The SMILES string of the molecule is CC1=C[C@@H]2[C@@H]1[C@@H]1[C@@H](C)C(=O)N1N2C(=O)OCc1ccc([N+](=O)[O-])cc1. The fourth-order valence-corrected chi connectivity index (χ4v) is 3.95. The molecule has 0 radical (unpaired) electrons. The van der Waals surface area contributed by atoms with E-state index in [1.165, 1.54) is 27.7 Å². The molecule has 1 aromatic rings. The van der Waals surface area contributed by atoms with Crippen LogP contribution >= 0.6 is 0 Å². The van der Waals surface area contributed by atoms with Crippen LogP contribution in [0, 0.1) is 22.0 Å².